The Balaban J connectivity index is 4.00. The average molecular weight is 880 g/mol. The maximum absolute atomic E-state index is 12.6. The fraction of sp³-hybridized carbons (Fsp3) is 0.804. The summed E-state index contributed by atoms with van der Waals surface area (Å²) < 4.78 is 32.8. The molecule has 3 N–H and O–H groups in total. The maximum Gasteiger partial charge on any atom is 0.472 e. The Morgan fingerprint density at radius 1 is 0.508 bits per heavy atom. The van der Waals surface area contributed by atoms with Crippen molar-refractivity contribution in [3.05, 3.63) is 48.6 Å². The van der Waals surface area contributed by atoms with Crippen LogP contribution in [0.5, 0.6) is 0 Å². The lowest BCUT2D eigenvalue weighted by Gasteiger charge is -2.19. The zero-order valence-corrected chi connectivity index (χ0v) is 40.3. The largest absolute Gasteiger partial charge is 0.472 e. The van der Waals surface area contributed by atoms with Crippen LogP contribution in [0, 0.1) is 0 Å². The van der Waals surface area contributed by atoms with Crippen LogP contribution in [0.3, 0.4) is 0 Å². The second kappa shape index (κ2) is 47.4. The summed E-state index contributed by atoms with van der Waals surface area (Å²) >= 11 is 0. The molecule has 0 aliphatic carbocycles. The third-order valence-corrected chi connectivity index (χ3v) is 11.7. The van der Waals surface area contributed by atoms with E-state index < -0.39 is 26.5 Å². The number of phosphoric acid groups is 1. The molecule has 10 heteroatoms. The van der Waals surface area contributed by atoms with Gasteiger partial charge in [0.15, 0.2) is 6.10 Å². The molecule has 0 fully saturated rings. The third kappa shape index (κ3) is 47.3. The van der Waals surface area contributed by atoms with Gasteiger partial charge in [0.2, 0.25) is 0 Å². The normalized spacial score (nSPS) is 13.6. The van der Waals surface area contributed by atoms with E-state index in [2.05, 4.69) is 62.5 Å². The number of hydrogen-bond acceptors (Lipinski definition) is 8. The number of nitrogens with two attached hydrogens (primary N) is 1. The number of allylic oxidation sites excluding steroid dienone is 8. The van der Waals surface area contributed by atoms with Crippen LogP contribution >= 0.6 is 7.82 Å². The molecule has 61 heavy (non-hydrogen) atoms. The smallest absolute Gasteiger partial charge is 0.462 e. The number of ether oxygens (including phenoxy) is 2. The number of rotatable bonds is 47. The minimum absolute atomic E-state index is 0.0461. The first-order valence-electron chi connectivity index (χ1n) is 25.1. The molecule has 0 rings (SSSR count). The van der Waals surface area contributed by atoms with Crippen LogP contribution in [0.15, 0.2) is 48.6 Å². The summed E-state index contributed by atoms with van der Waals surface area (Å²) in [7, 11) is -4.39. The molecule has 0 aliphatic rings. The van der Waals surface area contributed by atoms with Gasteiger partial charge in [-0.05, 0) is 51.4 Å². The van der Waals surface area contributed by atoms with Gasteiger partial charge >= 0.3 is 19.8 Å². The van der Waals surface area contributed by atoms with Gasteiger partial charge in [0.1, 0.15) is 6.61 Å². The Morgan fingerprint density at radius 2 is 0.902 bits per heavy atom. The summed E-state index contributed by atoms with van der Waals surface area (Å²) in [5.74, 6) is -0.870. The van der Waals surface area contributed by atoms with E-state index in [1.165, 1.54) is 141 Å². The van der Waals surface area contributed by atoms with Crippen molar-refractivity contribution in [3.63, 3.8) is 0 Å². The Morgan fingerprint density at radius 3 is 1.34 bits per heavy atom. The van der Waals surface area contributed by atoms with Crippen molar-refractivity contribution in [3.8, 4) is 0 Å². The molecule has 0 aromatic heterocycles. The predicted octanol–water partition coefficient (Wildman–Crippen LogP) is 15.1. The molecule has 0 spiro atoms. The van der Waals surface area contributed by atoms with Crippen molar-refractivity contribution in [1.29, 1.82) is 0 Å². The lowest BCUT2D eigenvalue weighted by atomic mass is 10.0. The summed E-state index contributed by atoms with van der Waals surface area (Å²) in [6.07, 6.45) is 56.0. The van der Waals surface area contributed by atoms with E-state index in [0.29, 0.717) is 6.42 Å². The minimum Gasteiger partial charge on any atom is -0.462 e. The number of carbonyl (C=O) groups excluding carboxylic acids is 2. The van der Waals surface area contributed by atoms with Crippen molar-refractivity contribution in [2.45, 2.75) is 238 Å². The van der Waals surface area contributed by atoms with Gasteiger partial charge in [-0.2, -0.15) is 0 Å². The molecule has 9 nitrogen and oxygen atoms in total. The highest BCUT2D eigenvalue weighted by Crippen LogP contribution is 2.43. The van der Waals surface area contributed by atoms with Gasteiger partial charge in [-0.25, -0.2) is 4.57 Å². The Labute approximate surface area is 375 Å². The zero-order valence-electron chi connectivity index (χ0n) is 39.4. The van der Waals surface area contributed by atoms with E-state index in [9.17, 15) is 19.0 Å². The SMILES string of the molecule is CC/C=C\C/C=C\C/C=C\C/C=C\CCCCC(=O)OC(COC(=O)CCCCCCCCCCCCCCCCCCCCCCCCCCC)COP(=O)(O)OCCN. The van der Waals surface area contributed by atoms with Gasteiger partial charge in [-0.3, -0.25) is 18.6 Å². The highest BCUT2D eigenvalue weighted by Gasteiger charge is 2.26. The molecule has 0 saturated heterocycles. The molecular weight excluding hydrogens is 786 g/mol. The molecular formula is C51H94NO8P. The summed E-state index contributed by atoms with van der Waals surface area (Å²) in [4.78, 5) is 35.0. The molecule has 0 aromatic rings. The van der Waals surface area contributed by atoms with Crippen LogP contribution in [0.25, 0.3) is 0 Å². The van der Waals surface area contributed by atoms with Crippen LogP contribution in [0.4, 0.5) is 0 Å². The van der Waals surface area contributed by atoms with E-state index >= 15 is 0 Å². The molecule has 2 unspecified atom stereocenters. The first-order chi connectivity index (χ1) is 29.8. The Kier molecular flexibility index (Phi) is 45.9. The van der Waals surface area contributed by atoms with Crippen molar-refractivity contribution >= 4 is 19.8 Å². The lowest BCUT2D eigenvalue weighted by Crippen LogP contribution is -2.29. The number of phosphoric ester groups is 1. The first kappa shape index (κ1) is 59.0. The van der Waals surface area contributed by atoms with Crippen LogP contribution < -0.4 is 5.73 Å². The van der Waals surface area contributed by atoms with E-state index in [1.54, 1.807) is 0 Å². The van der Waals surface area contributed by atoms with Crippen molar-refractivity contribution in [1.82, 2.24) is 0 Å². The second-order valence-corrected chi connectivity index (χ2v) is 18.1. The highest BCUT2D eigenvalue weighted by molar-refractivity contribution is 7.47. The molecule has 2 atom stereocenters. The molecule has 0 saturated carbocycles. The van der Waals surface area contributed by atoms with Gasteiger partial charge in [0, 0.05) is 19.4 Å². The predicted molar refractivity (Wildman–Crippen MR) is 257 cm³/mol. The number of hydrogen-bond donors (Lipinski definition) is 2. The van der Waals surface area contributed by atoms with Gasteiger partial charge in [-0.15, -0.1) is 0 Å². The van der Waals surface area contributed by atoms with Gasteiger partial charge in [0.05, 0.1) is 13.2 Å². The lowest BCUT2D eigenvalue weighted by molar-refractivity contribution is -0.161. The van der Waals surface area contributed by atoms with Crippen LogP contribution in [0.1, 0.15) is 232 Å². The van der Waals surface area contributed by atoms with E-state index in [-0.39, 0.29) is 38.6 Å². The van der Waals surface area contributed by atoms with Crippen molar-refractivity contribution in [2.24, 2.45) is 5.73 Å². The van der Waals surface area contributed by atoms with Gasteiger partial charge in [0.25, 0.3) is 0 Å². The van der Waals surface area contributed by atoms with E-state index in [1.807, 2.05) is 0 Å². The maximum atomic E-state index is 12.6. The number of carbonyl (C=O) groups is 2. The molecule has 0 bridgehead atoms. The fourth-order valence-electron chi connectivity index (χ4n) is 7.04. The fourth-order valence-corrected chi connectivity index (χ4v) is 7.80. The summed E-state index contributed by atoms with van der Waals surface area (Å²) in [5.41, 5.74) is 5.36. The molecule has 0 aromatic carbocycles. The number of esters is 2. The zero-order chi connectivity index (χ0) is 44.6. The summed E-state index contributed by atoms with van der Waals surface area (Å²) in [5, 5.41) is 0. The Bertz CT molecular complexity index is 1140. The number of unbranched alkanes of at least 4 members (excludes halogenated alkanes) is 26. The average Bonchev–Trinajstić information content (AvgIpc) is 3.25. The van der Waals surface area contributed by atoms with E-state index in [0.717, 1.165) is 57.8 Å². The van der Waals surface area contributed by atoms with Crippen molar-refractivity contribution < 1.29 is 37.6 Å². The van der Waals surface area contributed by atoms with Crippen LogP contribution in [-0.2, 0) is 32.7 Å². The minimum atomic E-state index is -4.39. The van der Waals surface area contributed by atoms with Crippen LogP contribution in [-0.4, -0.2) is 49.3 Å². The second-order valence-electron chi connectivity index (χ2n) is 16.7. The monoisotopic (exact) mass is 880 g/mol. The molecule has 356 valence electrons. The molecule has 0 aliphatic heterocycles. The molecule has 0 amide bonds. The van der Waals surface area contributed by atoms with Gasteiger partial charge in [-0.1, -0.05) is 217 Å². The molecule has 0 heterocycles. The quantitative estimate of drug-likeness (QED) is 0.0265. The van der Waals surface area contributed by atoms with E-state index in [4.69, 9.17) is 24.3 Å². The third-order valence-electron chi connectivity index (χ3n) is 10.7. The standard InChI is InChI=1S/C51H94NO8P/c1-3-5-7-9-11-13-15-17-19-20-21-22-23-24-25-26-27-28-30-31-33-35-37-39-41-43-50(53)57-47-49(48-59-61(55,56)58-46-45-52)60-51(54)44-42-40-38-36-34-32-29-18-16-14-12-10-8-6-4-2/h6,8,12,14,18,29,34,36,49H,3-5,7,9-11,13,15-17,19-28,30-33,35,37-48,52H2,1-2H3,(H,55,56)/b8-6-,14-12-,29-18-,36-34-. The topological polar surface area (TPSA) is 134 Å². The summed E-state index contributed by atoms with van der Waals surface area (Å²) in [6, 6.07) is 0. The van der Waals surface area contributed by atoms with Crippen molar-refractivity contribution in [2.75, 3.05) is 26.4 Å². The Hall–Kier alpha value is -2.03. The van der Waals surface area contributed by atoms with Gasteiger partial charge < -0.3 is 20.1 Å². The first-order valence-corrected chi connectivity index (χ1v) is 26.6. The van der Waals surface area contributed by atoms with Crippen LogP contribution in [0.2, 0.25) is 0 Å². The molecule has 0 radical (unpaired) electrons. The summed E-state index contributed by atoms with van der Waals surface area (Å²) in [6.45, 7) is 3.60. The highest BCUT2D eigenvalue weighted by atomic mass is 31.2.